The number of likely N-dealkylation sites (tertiary alicyclic amines) is 1. The molecule has 0 saturated carbocycles. The normalized spacial score (nSPS) is 22.3. The first-order valence-corrected chi connectivity index (χ1v) is 10.6. The van der Waals surface area contributed by atoms with Gasteiger partial charge in [-0.2, -0.15) is 5.10 Å². The van der Waals surface area contributed by atoms with Gasteiger partial charge in [-0.1, -0.05) is 0 Å². The number of amides is 2. The van der Waals surface area contributed by atoms with Crippen molar-refractivity contribution in [2.24, 2.45) is 0 Å². The highest BCUT2D eigenvalue weighted by atomic mass is 16.2. The van der Waals surface area contributed by atoms with Crippen LogP contribution in [0.1, 0.15) is 39.5 Å². The van der Waals surface area contributed by atoms with Crippen LogP contribution in [-0.2, 0) is 6.54 Å². The average Bonchev–Trinajstić information content (AvgIpc) is 3.20. The van der Waals surface area contributed by atoms with Gasteiger partial charge in [0.05, 0.1) is 0 Å². The zero-order valence-electron chi connectivity index (χ0n) is 17.0. The summed E-state index contributed by atoms with van der Waals surface area (Å²) in [6.07, 6.45) is 8.22. The third-order valence-electron chi connectivity index (χ3n) is 5.98. The third-order valence-corrected chi connectivity index (χ3v) is 5.98. The number of piperidine rings is 1. The molecule has 3 heterocycles. The zero-order valence-corrected chi connectivity index (χ0v) is 17.0. The minimum Gasteiger partial charge on any atom is -0.337 e. The number of nitrogens with zero attached hydrogens (tertiary/aromatic N) is 5. The summed E-state index contributed by atoms with van der Waals surface area (Å²) >= 11 is 0. The van der Waals surface area contributed by atoms with E-state index in [0.29, 0.717) is 12.1 Å². The van der Waals surface area contributed by atoms with E-state index in [1.807, 2.05) is 23.1 Å². The molecule has 7 heteroatoms. The van der Waals surface area contributed by atoms with Crippen molar-refractivity contribution in [2.75, 3.05) is 45.8 Å². The van der Waals surface area contributed by atoms with Crippen LogP contribution in [0.3, 0.4) is 0 Å². The molecule has 0 aliphatic carbocycles. The molecule has 7 nitrogen and oxygen atoms in total. The van der Waals surface area contributed by atoms with Gasteiger partial charge in [-0.05, 0) is 45.6 Å². The topological polar surface area (TPSA) is 56.6 Å². The van der Waals surface area contributed by atoms with Crippen LogP contribution in [0.4, 0.5) is 4.79 Å². The Morgan fingerprint density at radius 1 is 1.15 bits per heavy atom. The number of hydrogen-bond donors (Lipinski definition) is 1. The molecule has 1 atom stereocenters. The summed E-state index contributed by atoms with van der Waals surface area (Å²) in [4.78, 5) is 19.8. The summed E-state index contributed by atoms with van der Waals surface area (Å²) in [5.41, 5.74) is 0. The second kappa shape index (κ2) is 10.1. The number of aryl methyl sites for hydroxylation is 1. The lowest BCUT2D eigenvalue weighted by atomic mass is 10.00. The van der Waals surface area contributed by atoms with Crippen molar-refractivity contribution in [3.05, 3.63) is 18.5 Å². The van der Waals surface area contributed by atoms with Gasteiger partial charge in [0.25, 0.3) is 0 Å². The van der Waals surface area contributed by atoms with E-state index in [2.05, 4.69) is 39.0 Å². The molecule has 1 aromatic rings. The molecule has 3 rings (SSSR count). The Morgan fingerprint density at radius 3 is 2.67 bits per heavy atom. The van der Waals surface area contributed by atoms with Crippen LogP contribution >= 0.6 is 0 Å². The first kappa shape index (κ1) is 20.1. The van der Waals surface area contributed by atoms with Gasteiger partial charge in [-0.25, -0.2) is 4.79 Å². The van der Waals surface area contributed by atoms with E-state index in [-0.39, 0.29) is 6.03 Å². The number of carbonyl (C=O) groups excluding carboxylic acids is 1. The molecule has 0 aromatic carbocycles. The lowest BCUT2D eigenvalue weighted by molar-refractivity contribution is 0.107. The van der Waals surface area contributed by atoms with Crippen molar-refractivity contribution in [3.63, 3.8) is 0 Å². The van der Waals surface area contributed by atoms with Crippen LogP contribution in [0.15, 0.2) is 18.5 Å². The summed E-state index contributed by atoms with van der Waals surface area (Å²) < 4.78 is 1.96. The molecular weight excluding hydrogens is 340 g/mol. The van der Waals surface area contributed by atoms with Crippen molar-refractivity contribution in [3.8, 4) is 0 Å². The summed E-state index contributed by atoms with van der Waals surface area (Å²) in [5, 5.41) is 7.44. The second-order valence-corrected chi connectivity index (χ2v) is 8.10. The molecule has 1 N–H and O–H groups in total. The Morgan fingerprint density at radius 2 is 1.96 bits per heavy atom. The summed E-state index contributed by atoms with van der Waals surface area (Å²) in [6, 6.07) is 3.02. The quantitative estimate of drug-likeness (QED) is 0.789. The van der Waals surface area contributed by atoms with E-state index in [0.717, 1.165) is 71.6 Å². The highest BCUT2D eigenvalue weighted by Gasteiger charge is 2.26. The molecule has 0 bridgehead atoms. The predicted molar refractivity (Wildman–Crippen MR) is 108 cm³/mol. The molecule has 2 amide bonds. The van der Waals surface area contributed by atoms with Crippen molar-refractivity contribution in [2.45, 2.75) is 58.2 Å². The van der Waals surface area contributed by atoms with E-state index < -0.39 is 0 Å². The van der Waals surface area contributed by atoms with Crippen molar-refractivity contribution >= 4 is 6.03 Å². The molecule has 0 radical (unpaired) electrons. The van der Waals surface area contributed by atoms with Crippen molar-refractivity contribution in [1.82, 2.24) is 29.8 Å². The zero-order chi connectivity index (χ0) is 19.1. The van der Waals surface area contributed by atoms with Crippen molar-refractivity contribution in [1.29, 1.82) is 0 Å². The first-order valence-electron chi connectivity index (χ1n) is 10.6. The van der Waals surface area contributed by atoms with Crippen LogP contribution in [0.25, 0.3) is 0 Å². The minimum absolute atomic E-state index is 0.112. The Hall–Kier alpha value is -1.60. The van der Waals surface area contributed by atoms with E-state index in [1.165, 1.54) is 6.42 Å². The summed E-state index contributed by atoms with van der Waals surface area (Å²) in [6.45, 7) is 12.4. The molecule has 2 aliphatic heterocycles. The molecule has 2 fully saturated rings. The molecular formula is C20H36N6O. The molecule has 2 aliphatic rings. The Balaban J connectivity index is 1.38. The Labute approximate surface area is 163 Å². The summed E-state index contributed by atoms with van der Waals surface area (Å²) in [7, 11) is 0. The maximum atomic E-state index is 12.7. The second-order valence-electron chi connectivity index (χ2n) is 8.10. The number of carbonyl (C=O) groups is 1. The molecule has 0 unspecified atom stereocenters. The molecule has 0 spiro atoms. The SMILES string of the molecule is CC(C)N1CCN(CCNC(=O)N2CCCC[C@H]2CCn2cccn2)CC1. The fraction of sp³-hybridized carbons (Fsp3) is 0.800. The number of aromatic nitrogens is 2. The standard InChI is InChI=1S/C20H36N6O/c1-18(2)24-16-14-23(15-17-24)13-9-21-20(27)26-11-4-3-6-19(26)7-12-25-10-5-8-22-25/h5,8,10,18-19H,3-4,6-7,9,11-17H2,1-2H3,(H,21,27)/t19-/m0/s1. The number of hydrogen-bond acceptors (Lipinski definition) is 4. The summed E-state index contributed by atoms with van der Waals surface area (Å²) in [5.74, 6) is 0. The highest BCUT2D eigenvalue weighted by Crippen LogP contribution is 2.20. The van der Waals surface area contributed by atoms with Crippen LogP contribution < -0.4 is 5.32 Å². The molecule has 27 heavy (non-hydrogen) atoms. The van der Waals surface area contributed by atoms with Crippen LogP contribution in [-0.4, -0.2) is 88.4 Å². The van der Waals surface area contributed by atoms with Gasteiger partial charge in [-0.3, -0.25) is 14.5 Å². The number of rotatable bonds is 7. The van der Waals surface area contributed by atoms with Gasteiger partial charge in [0.15, 0.2) is 0 Å². The number of nitrogens with one attached hydrogen (secondary N) is 1. The van der Waals surface area contributed by atoms with Crippen LogP contribution in [0, 0.1) is 0 Å². The monoisotopic (exact) mass is 376 g/mol. The van der Waals surface area contributed by atoms with Crippen LogP contribution in [0.5, 0.6) is 0 Å². The van der Waals surface area contributed by atoms with Gasteiger partial charge in [0.1, 0.15) is 0 Å². The fourth-order valence-electron chi connectivity index (χ4n) is 4.21. The molecule has 2 saturated heterocycles. The highest BCUT2D eigenvalue weighted by molar-refractivity contribution is 5.74. The molecule has 152 valence electrons. The maximum Gasteiger partial charge on any atom is 0.317 e. The smallest absolute Gasteiger partial charge is 0.317 e. The number of urea groups is 1. The minimum atomic E-state index is 0.112. The number of piperazine rings is 1. The molecule has 1 aromatic heterocycles. The van der Waals surface area contributed by atoms with Gasteiger partial charge >= 0.3 is 6.03 Å². The Bertz CT molecular complexity index is 553. The van der Waals surface area contributed by atoms with E-state index >= 15 is 0 Å². The maximum absolute atomic E-state index is 12.7. The fourth-order valence-corrected chi connectivity index (χ4v) is 4.21. The average molecular weight is 377 g/mol. The largest absolute Gasteiger partial charge is 0.337 e. The van der Waals surface area contributed by atoms with E-state index in [9.17, 15) is 4.79 Å². The van der Waals surface area contributed by atoms with Gasteiger partial charge in [-0.15, -0.1) is 0 Å². The van der Waals surface area contributed by atoms with Gasteiger partial charge < -0.3 is 10.2 Å². The van der Waals surface area contributed by atoms with Crippen molar-refractivity contribution < 1.29 is 4.79 Å². The van der Waals surface area contributed by atoms with Gasteiger partial charge in [0, 0.05) is 76.8 Å². The van der Waals surface area contributed by atoms with E-state index in [1.54, 1.807) is 0 Å². The lowest BCUT2D eigenvalue weighted by Gasteiger charge is -2.38. The predicted octanol–water partition coefficient (Wildman–Crippen LogP) is 1.86. The first-order chi connectivity index (χ1) is 13.1. The van der Waals surface area contributed by atoms with Crippen LogP contribution in [0.2, 0.25) is 0 Å². The third kappa shape index (κ3) is 5.94. The Kier molecular flexibility index (Phi) is 7.52. The van der Waals surface area contributed by atoms with E-state index in [4.69, 9.17) is 0 Å². The lowest BCUT2D eigenvalue weighted by Crippen LogP contribution is -2.52. The van der Waals surface area contributed by atoms with Gasteiger partial charge in [0.2, 0.25) is 0 Å².